The Morgan fingerprint density at radius 1 is 0.455 bits per heavy atom. The minimum Gasteiger partial charge on any atom is -0.508 e. The highest BCUT2D eigenvalue weighted by Crippen LogP contribution is 2.50. The van der Waals surface area contributed by atoms with Crippen molar-refractivity contribution >= 4 is 0 Å². The zero-order chi connectivity index (χ0) is 23.9. The molecule has 0 aromatic heterocycles. The van der Waals surface area contributed by atoms with Crippen LogP contribution in [0.25, 0.3) is 0 Å². The molecule has 0 radical (unpaired) electrons. The summed E-state index contributed by atoms with van der Waals surface area (Å²) in [7, 11) is 0. The standard InChI is InChI=1S/C29H28O4/c1-17-14-26(31)19(3)12-23(17)29(21-8-6-5-7-9-21,22-10-11-25(30)28(33)16-22)24-13-20(4)27(32)15-18(24)2/h5-16,30-33H,1-4H3. The number of benzene rings is 4. The van der Waals surface area contributed by atoms with Gasteiger partial charge in [-0.2, -0.15) is 0 Å². The largest absolute Gasteiger partial charge is 0.508 e. The first-order chi connectivity index (χ1) is 15.7. The summed E-state index contributed by atoms with van der Waals surface area (Å²) in [4.78, 5) is 0. The molecule has 33 heavy (non-hydrogen) atoms. The SMILES string of the molecule is Cc1cc(C(c2ccccc2)(c2ccc(O)c(O)c2)c2cc(C)c(O)cc2C)c(C)cc1O. The highest BCUT2D eigenvalue weighted by molar-refractivity contribution is 5.66. The van der Waals surface area contributed by atoms with Gasteiger partial charge in [-0.3, -0.25) is 0 Å². The number of phenols is 4. The molecule has 0 aliphatic heterocycles. The van der Waals surface area contributed by atoms with Crippen LogP contribution in [-0.2, 0) is 5.41 Å². The molecule has 0 aliphatic carbocycles. The van der Waals surface area contributed by atoms with Crippen LogP contribution in [0, 0.1) is 27.7 Å². The van der Waals surface area contributed by atoms with E-state index in [0.717, 1.165) is 44.5 Å². The highest BCUT2D eigenvalue weighted by Gasteiger charge is 2.41. The molecule has 4 rings (SSSR count). The Hall–Kier alpha value is -3.92. The first kappa shape index (κ1) is 22.3. The fraction of sp³-hybridized carbons (Fsp3) is 0.172. The number of rotatable bonds is 4. The van der Waals surface area contributed by atoms with Crippen LogP contribution >= 0.6 is 0 Å². The minimum atomic E-state index is -0.891. The number of aromatic hydroxyl groups is 4. The van der Waals surface area contributed by atoms with E-state index in [1.54, 1.807) is 18.2 Å². The Morgan fingerprint density at radius 2 is 0.970 bits per heavy atom. The Balaban J connectivity index is 2.27. The van der Waals surface area contributed by atoms with E-state index in [0.29, 0.717) is 0 Å². The molecule has 4 aromatic carbocycles. The van der Waals surface area contributed by atoms with Crippen LogP contribution in [-0.4, -0.2) is 20.4 Å². The molecule has 4 N–H and O–H groups in total. The van der Waals surface area contributed by atoms with Crippen molar-refractivity contribution < 1.29 is 20.4 Å². The summed E-state index contributed by atoms with van der Waals surface area (Å²) in [5, 5.41) is 41.4. The van der Waals surface area contributed by atoms with Gasteiger partial charge in [-0.25, -0.2) is 0 Å². The van der Waals surface area contributed by atoms with Crippen molar-refractivity contribution in [3.05, 3.63) is 117 Å². The van der Waals surface area contributed by atoms with E-state index in [2.05, 4.69) is 0 Å². The van der Waals surface area contributed by atoms with Gasteiger partial charge in [0.15, 0.2) is 11.5 Å². The van der Waals surface area contributed by atoms with Gasteiger partial charge < -0.3 is 20.4 Å². The maximum absolute atomic E-state index is 10.5. The average molecular weight is 441 g/mol. The van der Waals surface area contributed by atoms with E-state index in [9.17, 15) is 20.4 Å². The third kappa shape index (κ3) is 3.58. The van der Waals surface area contributed by atoms with Crippen LogP contribution in [0.15, 0.2) is 72.8 Å². The topological polar surface area (TPSA) is 80.9 Å². The van der Waals surface area contributed by atoms with Crippen LogP contribution in [0.3, 0.4) is 0 Å². The lowest BCUT2D eigenvalue weighted by Gasteiger charge is -2.39. The third-order valence-electron chi connectivity index (χ3n) is 6.51. The molecule has 4 heteroatoms. The van der Waals surface area contributed by atoms with E-state index in [4.69, 9.17) is 0 Å². The third-order valence-corrected chi connectivity index (χ3v) is 6.51. The van der Waals surface area contributed by atoms with Crippen LogP contribution in [0.2, 0.25) is 0 Å². The van der Waals surface area contributed by atoms with Gasteiger partial charge in [0.25, 0.3) is 0 Å². The molecular formula is C29H28O4. The number of hydrogen-bond acceptors (Lipinski definition) is 4. The maximum Gasteiger partial charge on any atom is 0.157 e. The lowest BCUT2D eigenvalue weighted by molar-refractivity contribution is 0.402. The number of phenolic OH excluding ortho intramolecular Hbond substituents is 4. The Labute approximate surface area is 194 Å². The molecule has 0 bridgehead atoms. The van der Waals surface area contributed by atoms with Crippen LogP contribution in [0.5, 0.6) is 23.0 Å². The molecule has 0 unspecified atom stereocenters. The first-order valence-corrected chi connectivity index (χ1v) is 10.9. The fourth-order valence-corrected chi connectivity index (χ4v) is 4.79. The van der Waals surface area contributed by atoms with Gasteiger partial charge >= 0.3 is 0 Å². The smallest absolute Gasteiger partial charge is 0.157 e. The summed E-state index contributed by atoms with van der Waals surface area (Å²) < 4.78 is 0. The number of hydrogen-bond donors (Lipinski definition) is 4. The molecule has 168 valence electrons. The van der Waals surface area contributed by atoms with E-state index >= 15 is 0 Å². The molecule has 0 spiro atoms. The fourth-order valence-electron chi connectivity index (χ4n) is 4.79. The second-order valence-corrected chi connectivity index (χ2v) is 8.73. The average Bonchev–Trinajstić information content (AvgIpc) is 2.78. The van der Waals surface area contributed by atoms with Gasteiger partial charge in [0.2, 0.25) is 0 Å². The van der Waals surface area contributed by atoms with Gasteiger partial charge in [-0.15, -0.1) is 0 Å². The summed E-state index contributed by atoms with van der Waals surface area (Å²) >= 11 is 0. The number of aryl methyl sites for hydroxylation is 4. The lowest BCUT2D eigenvalue weighted by atomic mass is 9.62. The molecule has 4 nitrogen and oxygen atoms in total. The minimum absolute atomic E-state index is 0.196. The Kier molecular flexibility index (Phi) is 5.54. The Morgan fingerprint density at radius 3 is 1.45 bits per heavy atom. The van der Waals surface area contributed by atoms with Crippen LogP contribution < -0.4 is 0 Å². The summed E-state index contributed by atoms with van der Waals surface area (Å²) in [6, 6.07) is 22.3. The van der Waals surface area contributed by atoms with Gasteiger partial charge in [-0.1, -0.05) is 48.5 Å². The van der Waals surface area contributed by atoms with Crippen molar-refractivity contribution in [2.45, 2.75) is 33.1 Å². The zero-order valence-electron chi connectivity index (χ0n) is 19.2. The molecule has 0 atom stereocenters. The summed E-state index contributed by atoms with van der Waals surface area (Å²) in [5.41, 5.74) is 5.89. The van der Waals surface area contributed by atoms with Gasteiger partial charge in [0.1, 0.15) is 11.5 Å². The highest BCUT2D eigenvalue weighted by atomic mass is 16.3. The molecule has 0 saturated carbocycles. The summed E-state index contributed by atoms with van der Waals surface area (Å²) in [5.74, 6) is 0.0165. The predicted molar refractivity (Wildman–Crippen MR) is 130 cm³/mol. The zero-order valence-corrected chi connectivity index (χ0v) is 19.2. The van der Waals surface area contributed by atoms with E-state index in [-0.39, 0.29) is 23.0 Å². The summed E-state index contributed by atoms with van der Waals surface area (Å²) in [6.07, 6.45) is 0. The molecule has 0 fully saturated rings. The first-order valence-electron chi connectivity index (χ1n) is 10.9. The molecule has 0 aliphatic rings. The summed E-state index contributed by atoms with van der Waals surface area (Å²) in [6.45, 7) is 7.62. The second-order valence-electron chi connectivity index (χ2n) is 8.73. The molecule has 0 saturated heterocycles. The van der Waals surface area contributed by atoms with Crippen LogP contribution in [0.4, 0.5) is 0 Å². The lowest BCUT2D eigenvalue weighted by Crippen LogP contribution is -2.33. The van der Waals surface area contributed by atoms with Crippen molar-refractivity contribution in [1.29, 1.82) is 0 Å². The van der Waals surface area contributed by atoms with Crippen molar-refractivity contribution in [1.82, 2.24) is 0 Å². The van der Waals surface area contributed by atoms with E-state index in [1.807, 2.05) is 76.2 Å². The maximum atomic E-state index is 10.5. The van der Waals surface area contributed by atoms with Gasteiger partial charge in [-0.05, 0) is 96.5 Å². The van der Waals surface area contributed by atoms with Gasteiger partial charge in [0, 0.05) is 0 Å². The van der Waals surface area contributed by atoms with Crippen molar-refractivity contribution in [2.24, 2.45) is 0 Å². The van der Waals surface area contributed by atoms with Crippen molar-refractivity contribution in [3.63, 3.8) is 0 Å². The monoisotopic (exact) mass is 440 g/mol. The van der Waals surface area contributed by atoms with Gasteiger partial charge in [0.05, 0.1) is 5.41 Å². The molecule has 4 aromatic rings. The van der Waals surface area contributed by atoms with E-state index < -0.39 is 5.41 Å². The predicted octanol–water partition coefficient (Wildman–Crippen LogP) is 6.13. The van der Waals surface area contributed by atoms with Crippen molar-refractivity contribution in [2.75, 3.05) is 0 Å². The van der Waals surface area contributed by atoms with Crippen LogP contribution in [0.1, 0.15) is 44.5 Å². The van der Waals surface area contributed by atoms with Crippen molar-refractivity contribution in [3.8, 4) is 23.0 Å². The Bertz CT molecular complexity index is 1280. The normalized spacial score (nSPS) is 11.5. The second kappa shape index (κ2) is 8.21. The van der Waals surface area contributed by atoms with E-state index in [1.165, 1.54) is 6.07 Å². The molecule has 0 heterocycles. The molecule has 0 amide bonds. The molecular weight excluding hydrogens is 412 g/mol. The quantitative estimate of drug-likeness (QED) is 0.227.